The fourth-order valence-corrected chi connectivity index (χ4v) is 6.57. The predicted molar refractivity (Wildman–Crippen MR) is 169 cm³/mol. The Balaban J connectivity index is 1.21. The van der Waals surface area contributed by atoms with Crippen LogP contribution in [-0.4, -0.2) is 0 Å². The van der Waals surface area contributed by atoms with Crippen molar-refractivity contribution in [3.8, 4) is 33.8 Å². The van der Waals surface area contributed by atoms with Crippen molar-refractivity contribution in [1.29, 1.82) is 0 Å². The molecule has 2 nitrogen and oxygen atoms in total. The zero-order valence-electron chi connectivity index (χ0n) is 22.7. The maximum Gasteiger partial charge on any atom is 0.151 e. The molecule has 0 N–H and O–H groups in total. The average Bonchev–Trinajstić information content (AvgIpc) is 3.05. The number of rotatable bonds is 5. The van der Waals surface area contributed by atoms with Gasteiger partial charge in [-0.1, -0.05) is 115 Å². The molecule has 196 valence electrons. The molecule has 0 saturated heterocycles. The summed E-state index contributed by atoms with van der Waals surface area (Å²) < 4.78 is 6.44. The molecule has 0 aromatic heterocycles. The number of para-hydroxylation sites is 4. The van der Waals surface area contributed by atoms with Gasteiger partial charge < -0.3 is 9.64 Å². The molecule has 6 aromatic carbocycles. The molecule has 6 aromatic rings. The molecular formula is C39H29NO. The molecule has 2 heteroatoms. The second-order valence-corrected chi connectivity index (χ2v) is 10.9. The molecule has 1 atom stereocenters. The van der Waals surface area contributed by atoms with E-state index in [9.17, 15) is 0 Å². The van der Waals surface area contributed by atoms with E-state index in [4.69, 9.17) is 4.74 Å². The fourth-order valence-electron chi connectivity index (χ4n) is 6.57. The first-order valence-corrected chi connectivity index (χ1v) is 14.4. The molecule has 0 saturated carbocycles. The van der Waals surface area contributed by atoms with E-state index >= 15 is 0 Å². The predicted octanol–water partition coefficient (Wildman–Crippen LogP) is 10.7. The maximum absolute atomic E-state index is 6.44. The summed E-state index contributed by atoms with van der Waals surface area (Å²) in [5, 5.41) is 0. The van der Waals surface area contributed by atoms with E-state index in [-0.39, 0.29) is 5.92 Å². The topological polar surface area (TPSA) is 12.5 Å². The van der Waals surface area contributed by atoms with Gasteiger partial charge in [0.15, 0.2) is 11.5 Å². The zero-order chi connectivity index (χ0) is 27.2. The van der Waals surface area contributed by atoms with Crippen molar-refractivity contribution in [1.82, 2.24) is 0 Å². The number of hydrogen-bond acceptors (Lipinski definition) is 2. The van der Waals surface area contributed by atoms with Gasteiger partial charge in [0.05, 0.1) is 17.1 Å². The molecule has 0 amide bonds. The minimum Gasteiger partial charge on any atom is -0.453 e. The first kappa shape index (κ1) is 23.8. The average molecular weight is 528 g/mol. The third-order valence-corrected chi connectivity index (χ3v) is 8.44. The van der Waals surface area contributed by atoms with Crippen molar-refractivity contribution in [2.45, 2.75) is 18.8 Å². The van der Waals surface area contributed by atoms with Crippen LogP contribution in [0, 0.1) is 0 Å². The van der Waals surface area contributed by atoms with E-state index in [0.717, 1.165) is 30.0 Å². The van der Waals surface area contributed by atoms with Crippen molar-refractivity contribution in [2.24, 2.45) is 0 Å². The highest BCUT2D eigenvalue weighted by Gasteiger charge is 2.36. The molecule has 0 bridgehead atoms. The minimum absolute atomic E-state index is 0.270. The van der Waals surface area contributed by atoms with Crippen molar-refractivity contribution >= 4 is 17.1 Å². The molecule has 2 aliphatic heterocycles. The number of fused-ring (bicyclic) bond motifs is 4. The molecule has 41 heavy (non-hydrogen) atoms. The molecular weight excluding hydrogens is 498 g/mol. The van der Waals surface area contributed by atoms with Gasteiger partial charge in [0, 0.05) is 5.92 Å². The number of anilines is 3. The Hall–Kier alpha value is -5.08. The lowest BCUT2D eigenvalue weighted by molar-refractivity contribution is 0.474. The fraction of sp³-hybridized carbons (Fsp3) is 0.0769. The molecule has 2 heterocycles. The van der Waals surface area contributed by atoms with Gasteiger partial charge in [-0.3, -0.25) is 0 Å². The van der Waals surface area contributed by atoms with Crippen LogP contribution in [0.5, 0.6) is 11.5 Å². The van der Waals surface area contributed by atoms with Crippen LogP contribution in [0.25, 0.3) is 22.3 Å². The summed E-state index contributed by atoms with van der Waals surface area (Å²) in [7, 11) is 0. The van der Waals surface area contributed by atoms with E-state index in [0.29, 0.717) is 0 Å². The highest BCUT2D eigenvalue weighted by atomic mass is 16.5. The maximum atomic E-state index is 6.44. The Morgan fingerprint density at radius 3 is 1.80 bits per heavy atom. The quantitative estimate of drug-likeness (QED) is 0.221. The van der Waals surface area contributed by atoms with E-state index in [2.05, 4.69) is 144 Å². The van der Waals surface area contributed by atoms with Crippen LogP contribution >= 0.6 is 0 Å². The number of aryl methyl sites for hydroxylation is 1. The molecule has 0 spiro atoms. The number of nitrogens with zero attached hydrogens (tertiary/aromatic N) is 1. The van der Waals surface area contributed by atoms with Crippen LogP contribution in [0.2, 0.25) is 0 Å². The van der Waals surface area contributed by atoms with Crippen molar-refractivity contribution < 1.29 is 4.74 Å². The Kier molecular flexibility index (Phi) is 5.70. The Morgan fingerprint density at radius 1 is 0.488 bits per heavy atom. The highest BCUT2D eigenvalue weighted by molar-refractivity contribution is 5.92. The van der Waals surface area contributed by atoms with Crippen LogP contribution in [-0.2, 0) is 6.42 Å². The first-order valence-electron chi connectivity index (χ1n) is 14.4. The van der Waals surface area contributed by atoms with Gasteiger partial charge in [0.1, 0.15) is 0 Å². The summed E-state index contributed by atoms with van der Waals surface area (Å²) in [6.07, 6.45) is 1.98. The van der Waals surface area contributed by atoms with Gasteiger partial charge in [0.2, 0.25) is 0 Å². The van der Waals surface area contributed by atoms with E-state index in [1.807, 2.05) is 6.07 Å². The third-order valence-electron chi connectivity index (χ3n) is 8.44. The minimum atomic E-state index is 0.270. The van der Waals surface area contributed by atoms with Gasteiger partial charge >= 0.3 is 0 Å². The normalized spacial score (nSPS) is 14.4. The second-order valence-electron chi connectivity index (χ2n) is 10.9. The Labute approximate surface area is 241 Å². The molecule has 2 aliphatic rings. The van der Waals surface area contributed by atoms with Crippen LogP contribution in [0.3, 0.4) is 0 Å². The van der Waals surface area contributed by atoms with Crippen LogP contribution in [0.1, 0.15) is 29.0 Å². The number of ether oxygens (including phenoxy) is 1. The molecule has 0 fully saturated rings. The van der Waals surface area contributed by atoms with E-state index in [1.165, 1.54) is 50.3 Å². The van der Waals surface area contributed by atoms with Gasteiger partial charge in [-0.2, -0.15) is 0 Å². The van der Waals surface area contributed by atoms with Gasteiger partial charge in [-0.15, -0.1) is 0 Å². The highest BCUT2D eigenvalue weighted by Crippen LogP contribution is 2.58. The lowest BCUT2D eigenvalue weighted by Crippen LogP contribution is -2.25. The largest absolute Gasteiger partial charge is 0.453 e. The number of hydrogen-bond donors (Lipinski definition) is 0. The summed E-state index contributed by atoms with van der Waals surface area (Å²) in [4.78, 5) is 2.40. The third kappa shape index (κ3) is 4.11. The SMILES string of the molecule is c1ccc(-c2cc(CCC3c4ccccc4N4c5ccccc5Oc5cccc3c54)cc(-c3ccccc3)c2)cc1. The molecule has 0 aliphatic carbocycles. The zero-order valence-corrected chi connectivity index (χ0v) is 22.7. The van der Waals surface area contributed by atoms with E-state index in [1.54, 1.807) is 0 Å². The smallest absolute Gasteiger partial charge is 0.151 e. The van der Waals surface area contributed by atoms with Crippen LogP contribution in [0.15, 0.2) is 146 Å². The van der Waals surface area contributed by atoms with Gasteiger partial charge in [-0.05, 0) is 82.1 Å². The standard InChI is InChI=1S/C39H29NO/c1-3-12-28(13-4-1)30-24-27(25-31(26-30)29-14-5-2-6-15-29)22-23-32-33-16-7-8-18-35(33)40-36-19-9-10-20-37(36)41-38-21-11-17-34(32)39(38)40/h1-21,24-26,32H,22-23H2. The molecule has 8 rings (SSSR count). The first-order chi connectivity index (χ1) is 20.3. The van der Waals surface area contributed by atoms with Crippen LogP contribution in [0.4, 0.5) is 17.1 Å². The lowest BCUT2D eigenvalue weighted by atomic mass is 9.80. The summed E-state index contributed by atoms with van der Waals surface area (Å²) in [6, 6.07) is 52.3. The van der Waals surface area contributed by atoms with Crippen molar-refractivity contribution in [2.75, 3.05) is 4.90 Å². The van der Waals surface area contributed by atoms with Gasteiger partial charge in [-0.25, -0.2) is 0 Å². The Morgan fingerprint density at radius 2 is 1.07 bits per heavy atom. The lowest BCUT2D eigenvalue weighted by Gasteiger charge is -2.41. The summed E-state index contributed by atoms with van der Waals surface area (Å²) in [5.41, 5.74) is 12.6. The number of benzene rings is 6. The molecule has 1 unspecified atom stereocenters. The van der Waals surface area contributed by atoms with Crippen molar-refractivity contribution in [3.05, 3.63) is 162 Å². The molecule has 0 radical (unpaired) electrons. The summed E-state index contributed by atoms with van der Waals surface area (Å²) >= 11 is 0. The second kappa shape index (κ2) is 9.83. The van der Waals surface area contributed by atoms with Crippen LogP contribution < -0.4 is 9.64 Å². The monoisotopic (exact) mass is 527 g/mol. The van der Waals surface area contributed by atoms with Crippen molar-refractivity contribution in [3.63, 3.8) is 0 Å². The Bertz CT molecular complexity index is 1820. The summed E-state index contributed by atoms with van der Waals surface area (Å²) in [6.45, 7) is 0. The summed E-state index contributed by atoms with van der Waals surface area (Å²) in [5.74, 6) is 2.10. The van der Waals surface area contributed by atoms with Gasteiger partial charge in [0.25, 0.3) is 0 Å². The van der Waals surface area contributed by atoms with E-state index < -0.39 is 0 Å².